The first kappa shape index (κ1) is 14.7. The van der Waals surface area contributed by atoms with Crippen molar-refractivity contribution in [3.8, 4) is 0 Å². The van der Waals surface area contributed by atoms with Crippen LogP contribution in [0, 0.1) is 5.92 Å². The van der Waals surface area contributed by atoms with E-state index in [4.69, 9.17) is 4.74 Å². The molecular weight excluding hydrogens is 232 g/mol. The Bertz CT molecular complexity index is 407. The van der Waals surface area contributed by atoms with Gasteiger partial charge >= 0.3 is 5.97 Å². The van der Waals surface area contributed by atoms with Gasteiger partial charge in [-0.15, -0.1) is 0 Å². The number of ether oxygens (including phenoxy) is 1. The van der Waals surface area contributed by atoms with Gasteiger partial charge in [-0.2, -0.15) is 0 Å². The summed E-state index contributed by atoms with van der Waals surface area (Å²) in [7, 11) is 0. The number of hydrogen-bond acceptors (Lipinski definition) is 4. The van der Waals surface area contributed by atoms with Crippen molar-refractivity contribution in [3.05, 3.63) is 18.2 Å². The Morgan fingerprint density at radius 2 is 2.17 bits per heavy atom. The fourth-order valence-corrected chi connectivity index (χ4v) is 1.62. The molecule has 0 aliphatic heterocycles. The van der Waals surface area contributed by atoms with Crippen molar-refractivity contribution in [1.82, 2.24) is 9.55 Å². The summed E-state index contributed by atoms with van der Waals surface area (Å²) in [6, 6.07) is 0. The number of hydrogen-bond donors (Lipinski definition) is 1. The molecule has 2 atom stereocenters. The highest BCUT2D eigenvalue weighted by molar-refractivity contribution is 5.73. The lowest BCUT2D eigenvalue weighted by Crippen LogP contribution is -2.30. The maximum Gasteiger partial charge on any atom is 0.312 e. The number of aromatic nitrogens is 2. The zero-order valence-corrected chi connectivity index (χ0v) is 11.7. The van der Waals surface area contributed by atoms with Crippen molar-refractivity contribution in [2.45, 2.75) is 52.9 Å². The first-order valence-electron chi connectivity index (χ1n) is 6.17. The summed E-state index contributed by atoms with van der Waals surface area (Å²) in [6.45, 7) is 9.73. The third kappa shape index (κ3) is 3.57. The van der Waals surface area contributed by atoms with Gasteiger partial charge in [0.05, 0.1) is 24.1 Å². The normalized spacial score (nSPS) is 15.2. The second-order valence-corrected chi connectivity index (χ2v) is 5.37. The summed E-state index contributed by atoms with van der Waals surface area (Å²) in [6.07, 6.45) is 2.32. The van der Waals surface area contributed by atoms with Gasteiger partial charge in [0.1, 0.15) is 11.7 Å². The van der Waals surface area contributed by atoms with Crippen LogP contribution in [0.4, 0.5) is 0 Å². The number of carbonyl (C=O) groups is 1. The summed E-state index contributed by atoms with van der Waals surface area (Å²) in [5, 5.41) is 10.2. The van der Waals surface area contributed by atoms with Gasteiger partial charge < -0.3 is 14.4 Å². The zero-order valence-electron chi connectivity index (χ0n) is 11.7. The molecule has 0 aromatic carbocycles. The molecule has 1 rings (SSSR count). The molecule has 102 valence electrons. The van der Waals surface area contributed by atoms with Gasteiger partial charge in [0.2, 0.25) is 0 Å². The highest BCUT2D eigenvalue weighted by Gasteiger charge is 2.29. The molecule has 0 amide bonds. The average Bonchev–Trinajstić information content (AvgIpc) is 2.72. The summed E-state index contributed by atoms with van der Waals surface area (Å²) in [5.41, 5.74) is 0.0895. The topological polar surface area (TPSA) is 64.3 Å². The summed E-state index contributed by atoms with van der Waals surface area (Å²) in [5.74, 6) is -1.02. The minimum absolute atomic E-state index is 0.404. The van der Waals surface area contributed by atoms with Crippen LogP contribution in [-0.4, -0.2) is 26.2 Å². The molecule has 2 unspecified atom stereocenters. The van der Waals surface area contributed by atoms with E-state index >= 15 is 0 Å². The molecule has 1 aromatic heterocycles. The Hall–Kier alpha value is -1.36. The number of aryl methyl sites for hydroxylation is 1. The van der Waals surface area contributed by atoms with Crippen LogP contribution in [0.5, 0.6) is 0 Å². The molecule has 0 aliphatic carbocycles. The molecular formula is C13H22N2O3. The van der Waals surface area contributed by atoms with E-state index in [1.807, 2.05) is 11.5 Å². The van der Waals surface area contributed by atoms with Gasteiger partial charge in [-0.05, 0) is 34.6 Å². The van der Waals surface area contributed by atoms with Crippen molar-refractivity contribution in [2.24, 2.45) is 5.92 Å². The van der Waals surface area contributed by atoms with Crippen molar-refractivity contribution in [3.63, 3.8) is 0 Å². The Morgan fingerprint density at radius 3 is 2.67 bits per heavy atom. The van der Waals surface area contributed by atoms with Gasteiger partial charge in [0.25, 0.3) is 0 Å². The molecule has 0 radical (unpaired) electrons. The maximum absolute atomic E-state index is 11.9. The number of aliphatic hydroxyl groups excluding tert-OH is 1. The maximum atomic E-state index is 11.9. The van der Waals surface area contributed by atoms with Crippen LogP contribution in [0.25, 0.3) is 0 Å². The average molecular weight is 254 g/mol. The van der Waals surface area contributed by atoms with Gasteiger partial charge in [0, 0.05) is 6.54 Å². The van der Waals surface area contributed by atoms with E-state index in [0.717, 1.165) is 0 Å². The van der Waals surface area contributed by atoms with Crippen LogP contribution >= 0.6 is 0 Å². The second-order valence-electron chi connectivity index (χ2n) is 5.37. The van der Waals surface area contributed by atoms with Crippen LogP contribution < -0.4 is 0 Å². The highest BCUT2D eigenvalue weighted by atomic mass is 16.6. The van der Waals surface area contributed by atoms with E-state index in [1.54, 1.807) is 40.2 Å². The summed E-state index contributed by atoms with van der Waals surface area (Å²) >= 11 is 0. The van der Waals surface area contributed by atoms with Crippen LogP contribution in [0.15, 0.2) is 12.5 Å². The Kier molecular flexibility index (Phi) is 4.51. The standard InChI is InChI=1S/C13H22N2O3/c1-6-15-8-14-7-10(15)11(16)9(2)12(17)18-13(3,4)5/h7-9,11,16H,6H2,1-5H3. The van der Waals surface area contributed by atoms with Gasteiger partial charge in [-0.3, -0.25) is 4.79 Å². The van der Waals surface area contributed by atoms with E-state index in [1.165, 1.54) is 0 Å². The summed E-state index contributed by atoms with van der Waals surface area (Å²) < 4.78 is 7.07. The fraction of sp³-hybridized carbons (Fsp3) is 0.692. The Morgan fingerprint density at radius 1 is 1.56 bits per heavy atom. The van der Waals surface area contributed by atoms with Crippen LogP contribution in [0.3, 0.4) is 0 Å². The van der Waals surface area contributed by atoms with Gasteiger partial charge in [-0.25, -0.2) is 4.98 Å². The highest BCUT2D eigenvalue weighted by Crippen LogP contribution is 2.24. The quantitative estimate of drug-likeness (QED) is 0.834. The van der Waals surface area contributed by atoms with Crippen molar-refractivity contribution >= 4 is 5.97 Å². The lowest BCUT2D eigenvalue weighted by Gasteiger charge is -2.24. The van der Waals surface area contributed by atoms with E-state index in [0.29, 0.717) is 12.2 Å². The Labute approximate surface area is 108 Å². The monoisotopic (exact) mass is 254 g/mol. The summed E-state index contributed by atoms with van der Waals surface area (Å²) in [4.78, 5) is 15.9. The zero-order chi connectivity index (χ0) is 13.9. The number of rotatable bonds is 4. The van der Waals surface area contributed by atoms with E-state index in [2.05, 4.69) is 4.98 Å². The third-order valence-corrected chi connectivity index (χ3v) is 2.64. The molecule has 0 aliphatic rings. The fourth-order valence-electron chi connectivity index (χ4n) is 1.62. The molecule has 1 heterocycles. The smallest absolute Gasteiger partial charge is 0.312 e. The number of nitrogens with zero attached hydrogens (tertiary/aromatic N) is 2. The molecule has 0 saturated carbocycles. The van der Waals surface area contributed by atoms with Crippen molar-refractivity contribution in [2.75, 3.05) is 0 Å². The SMILES string of the molecule is CCn1cncc1C(O)C(C)C(=O)OC(C)(C)C. The predicted octanol–water partition coefficient (Wildman–Crippen LogP) is 1.91. The molecule has 5 heteroatoms. The first-order valence-corrected chi connectivity index (χ1v) is 6.17. The van der Waals surface area contributed by atoms with Gasteiger partial charge in [-0.1, -0.05) is 0 Å². The lowest BCUT2D eigenvalue weighted by atomic mass is 10.0. The van der Waals surface area contributed by atoms with Crippen LogP contribution in [0.1, 0.15) is 46.4 Å². The minimum Gasteiger partial charge on any atom is -0.460 e. The Balaban J connectivity index is 2.78. The molecule has 0 bridgehead atoms. The molecule has 1 N–H and O–H groups in total. The lowest BCUT2D eigenvalue weighted by molar-refractivity contribution is -0.163. The number of aliphatic hydroxyl groups is 1. The van der Waals surface area contributed by atoms with E-state index < -0.39 is 23.6 Å². The van der Waals surface area contributed by atoms with Crippen molar-refractivity contribution in [1.29, 1.82) is 0 Å². The minimum atomic E-state index is -0.901. The molecule has 0 spiro atoms. The third-order valence-electron chi connectivity index (χ3n) is 2.64. The second kappa shape index (κ2) is 5.52. The largest absolute Gasteiger partial charge is 0.460 e. The molecule has 18 heavy (non-hydrogen) atoms. The molecule has 0 fully saturated rings. The van der Waals surface area contributed by atoms with E-state index in [-0.39, 0.29) is 0 Å². The van der Waals surface area contributed by atoms with E-state index in [9.17, 15) is 9.90 Å². The van der Waals surface area contributed by atoms with Crippen LogP contribution in [0.2, 0.25) is 0 Å². The molecule has 5 nitrogen and oxygen atoms in total. The predicted molar refractivity (Wildman–Crippen MR) is 67.9 cm³/mol. The first-order chi connectivity index (χ1) is 8.26. The van der Waals surface area contributed by atoms with Crippen LogP contribution in [-0.2, 0) is 16.1 Å². The molecule has 0 saturated heterocycles. The van der Waals surface area contributed by atoms with Gasteiger partial charge in [0.15, 0.2) is 0 Å². The number of carbonyl (C=O) groups excluding carboxylic acids is 1. The molecule has 1 aromatic rings. The van der Waals surface area contributed by atoms with Crippen molar-refractivity contribution < 1.29 is 14.6 Å². The number of esters is 1. The number of imidazole rings is 1.